The van der Waals surface area contributed by atoms with Crippen LogP contribution in [0, 0.1) is 5.82 Å². The third kappa shape index (κ3) is 5.08. The van der Waals surface area contributed by atoms with E-state index in [1.807, 2.05) is 0 Å². The zero-order valence-electron chi connectivity index (χ0n) is 15.9. The molecule has 0 radical (unpaired) electrons. The molecule has 0 spiro atoms. The van der Waals surface area contributed by atoms with Crippen LogP contribution in [-0.4, -0.2) is 46.3 Å². The van der Waals surface area contributed by atoms with Crippen molar-refractivity contribution in [1.29, 1.82) is 0 Å². The fourth-order valence-corrected chi connectivity index (χ4v) is 2.88. The van der Waals surface area contributed by atoms with E-state index in [4.69, 9.17) is 21.1 Å². The molecule has 0 aliphatic carbocycles. The van der Waals surface area contributed by atoms with E-state index in [0.29, 0.717) is 35.4 Å². The lowest BCUT2D eigenvalue weighted by atomic mass is 10.0. The number of morpholine rings is 1. The molecule has 1 N–H and O–H groups in total. The van der Waals surface area contributed by atoms with Gasteiger partial charge in [-0.05, 0) is 32.9 Å². The van der Waals surface area contributed by atoms with Crippen LogP contribution in [0.25, 0.3) is 0 Å². The molecule has 2 aromatic rings. The molecule has 1 aliphatic rings. The van der Waals surface area contributed by atoms with Crippen LogP contribution in [0.1, 0.15) is 32.4 Å². The minimum absolute atomic E-state index is 0.198. The van der Waals surface area contributed by atoms with Crippen LogP contribution < -0.4 is 5.32 Å². The van der Waals surface area contributed by atoms with Crippen molar-refractivity contribution >= 4 is 29.3 Å². The van der Waals surface area contributed by atoms with Crippen molar-refractivity contribution in [3.63, 3.8) is 0 Å². The first-order valence-electron chi connectivity index (χ1n) is 8.84. The highest BCUT2D eigenvalue weighted by atomic mass is 35.5. The number of aromatic nitrogens is 2. The average Bonchev–Trinajstić information content (AvgIpc) is 2.62. The number of anilines is 2. The predicted molar refractivity (Wildman–Crippen MR) is 103 cm³/mol. The van der Waals surface area contributed by atoms with Crippen LogP contribution in [0.2, 0.25) is 5.02 Å². The lowest BCUT2D eigenvalue weighted by molar-refractivity contribution is -0.0338. The molecular formula is C19H22ClFN4O3. The predicted octanol–water partition coefficient (Wildman–Crippen LogP) is 4.32. The summed E-state index contributed by atoms with van der Waals surface area (Å²) in [6.07, 6.45) is 2.40. The van der Waals surface area contributed by atoms with Gasteiger partial charge < -0.3 is 14.8 Å². The van der Waals surface area contributed by atoms with Crippen LogP contribution >= 0.6 is 11.6 Å². The zero-order valence-corrected chi connectivity index (χ0v) is 16.7. The molecular weight excluding hydrogens is 387 g/mol. The topological polar surface area (TPSA) is 76.6 Å². The van der Waals surface area contributed by atoms with Gasteiger partial charge in [-0.25, -0.2) is 19.2 Å². The molecule has 1 fully saturated rings. The van der Waals surface area contributed by atoms with Gasteiger partial charge in [0.2, 0.25) is 5.95 Å². The second kappa shape index (κ2) is 8.28. The molecule has 1 unspecified atom stereocenters. The van der Waals surface area contributed by atoms with Crippen molar-refractivity contribution in [3.8, 4) is 0 Å². The zero-order chi connectivity index (χ0) is 20.3. The van der Waals surface area contributed by atoms with Crippen molar-refractivity contribution in [3.05, 3.63) is 47.0 Å². The summed E-state index contributed by atoms with van der Waals surface area (Å²) in [5, 5.41) is 3.32. The number of nitrogens with zero attached hydrogens (tertiary/aromatic N) is 3. The van der Waals surface area contributed by atoms with Crippen LogP contribution in [0.4, 0.5) is 20.8 Å². The molecule has 9 heteroatoms. The van der Waals surface area contributed by atoms with E-state index in [2.05, 4.69) is 15.3 Å². The van der Waals surface area contributed by atoms with Gasteiger partial charge in [0.1, 0.15) is 11.4 Å². The Kier molecular flexibility index (Phi) is 6.00. The summed E-state index contributed by atoms with van der Waals surface area (Å²) < 4.78 is 25.8. The van der Waals surface area contributed by atoms with E-state index in [1.54, 1.807) is 32.9 Å². The Labute approximate surface area is 167 Å². The summed E-state index contributed by atoms with van der Waals surface area (Å²) >= 11 is 5.76. The van der Waals surface area contributed by atoms with Crippen LogP contribution in [0.3, 0.4) is 0 Å². The van der Waals surface area contributed by atoms with Crippen molar-refractivity contribution in [1.82, 2.24) is 14.9 Å². The molecule has 7 nitrogen and oxygen atoms in total. The number of halogens is 2. The lowest BCUT2D eigenvalue weighted by Gasteiger charge is -2.37. The van der Waals surface area contributed by atoms with Gasteiger partial charge in [0.25, 0.3) is 0 Å². The fourth-order valence-electron chi connectivity index (χ4n) is 2.78. The highest BCUT2D eigenvalue weighted by Gasteiger charge is 2.33. The largest absolute Gasteiger partial charge is 0.444 e. The first kappa shape index (κ1) is 20.3. The van der Waals surface area contributed by atoms with E-state index in [0.717, 1.165) is 0 Å². The number of rotatable bonds is 3. The van der Waals surface area contributed by atoms with E-state index in [9.17, 15) is 9.18 Å². The summed E-state index contributed by atoms with van der Waals surface area (Å²) in [7, 11) is 0. The van der Waals surface area contributed by atoms with Gasteiger partial charge in [-0.3, -0.25) is 4.90 Å². The molecule has 3 rings (SSSR count). The highest BCUT2D eigenvalue weighted by molar-refractivity contribution is 6.30. The van der Waals surface area contributed by atoms with Gasteiger partial charge in [0, 0.05) is 17.8 Å². The quantitative estimate of drug-likeness (QED) is 0.815. The van der Waals surface area contributed by atoms with Crippen molar-refractivity contribution in [2.45, 2.75) is 32.4 Å². The van der Waals surface area contributed by atoms with E-state index >= 15 is 0 Å². The Morgan fingerprint density at radius 3 is 2.71 bits per heavy atom. The van der Waals surface area contributed by atoms with Gasteiger partial charge in [0.05, 0.1) is 36.7 Å². The van der Waals surface area contributed by atoms with Crippen LogP contribution in [0.5, 0.6) is 0 Å². The second-order valence-electron chi connectivity index (χ2n) is 7.35. The molecule has 0 bridgehead atoms. The normalized spacial score (nSPS) is 17.3. The standard InChI is InChI=1S/C19H22ClFN4O3/c1-19(2,3)28-18(26)25-6-7-27-11-16(25)14-5-4-13(8-15(14)21)24-17-22-9-12(20)10-23-17/h4-5,8-10,16H,6-7,11H2,1-3H3,(H,22,23,24). The minimum Gasteiger partial charge on any atom is -0.444 e. The van der Waals surface area contributed by atoms with Gasteiger partial charge in [0.15, 0.2) is 0 Å². The number of benzene rings is 1. The van der Waals surface area contributed by atoms with Crippen LogP contribution in [-0.2, 0) is 9.47 Å². The molecule has 1 aromatic carbocycles. The summed E-state index contributed by atoms with van der Waals surface area (Å²) in [4.78, 5) is 22.1. The van der Waals surface area contributed by atoms with Crippen molar-refractivity contribution < 1.29 is 18.7 Å². The Bertz CT molecular complexity index is 842. The number of carbonyl (C=O) groups excluding carboxylic acids is 1. The first-order valence-corrected chi connectivity index (χ1v) is 9.22. The molecule has 1 saturated heterocycles. The Balaban J connectivity index is 1.79. The van der Waals surface area contributed by atoms with Crippen LogP contribution in [0.15, 0.2) is 30.6 Å². The monoisotopic (exact) mass is 408 g/mol. The molecule has 1 atom stereocenters. The van der Waals surface area contributed by atoms with E-state index in [-0.39, 0.29) is 6.61 Å². The van der Waals surface area contributed by atoms with Gasteiger partial charge in [-0.1, -0.05) is 17.7 Å². The second-order valence-corrected chi connectivity index (χ2v) is 7.79. The molecule has 0 saturated carbocycles. The number of ether oxygens (including phenoxy) is 2. The maximum absolute atomic E-state index is 14.8. The molecule has 28 heavy (non-hydrogen) atoms. The summed E-state index contributed by atoms with van der Waals surface area (Å²) in [5.74, 6) is -0.170. The number of amides is 1. The van der Waals surface area contributed by atoms with Gasteiger partial charge in [-0.2, -0.15) is 0 Å². The fraction of sp³-hybridized carbons (Fsp3) is 0.421. The van der Waals surface area contributed by atoms with Gasteiger partial charge in [-0.15, -0.1) is 0 Å². The molecule has 2 heterocycles. The minimum atomic E-state index is -0.634. The maximum atomic E-state index is 14.8. The smallest absolute Gasteiger partial charge is 0.410 e. The SMILES string of the molecule is CC(C)(C)OC(=O)N1CCOCC1c1ccc(Nc2ncc(Cl)cn2)cc1F. The third-order valence-corrected chi connectivity index (χ3v) is 4.19. The molecule has 1 aliphatic heterocycles. The average molecular weight is 409 g/mol. The highest BCUT2D eigenvalue weighted by Crippen LogP contribution is 2.30. The number of hydrogen-bond acceptors (Lipinski definition) is 6. The van der Waals surface area contributed by atoms with E-state index < -0.39 is 23.6 Å². The Hall–Kier alpha value is -2.45. The first-order chi connectivity index (χ1) is 13.2. The van der Waals surface area contributed by atoms with Crippen molar-refractivity contribution in [2.75, 3.05) is 25.1 Å². The number of hydrogen-bond donors (Lipinski definition) is 1. The number of carbonyl (C=O) groups is 1. The Morgan fingerprint density at radius 2 is 2.07 bits per heavy atom. The molecule has 1 aromatic heterocycles. The third-order valence-electron chi connectivity index (χ3n) is 3.99. The Morgan fingerprint density at radius 1 is 1.36 bits per heavy atom. The van der Waals surface area contributed by atoms with Crippen molar-refractivity contribution in [2.24, 2.45) is 0 Å². The summed E-state index contributed by atoms with van der Waals surface area (Å²) in [6.45, 7) is 6.28. The molecule has 150 valence electrons. The lowest BCUT2D eigenvalue weighted by Crippen LogP contribution is -2.46. The summed E-state index contributed by atoms with van der Waals surface area (Å²) in [6, 6.07) is 4.07. The van der Waals surface area contributed by atoms with Gasteiger partial charge >= 0.3 is 6.09 Å². The number of nitrogens with one attached hydrogen (secondary N) is 1. The summed E-state index contributed by atoms with van der Waals surface area (Å²) in [5.41, 5.74) is 0.197. The van der Waals surface area contributed by atoms with E-state index in [1.165, 1.54) is 23.4 Å². The molecule has 1 amide bonds. The maximum Gasteiger partial charge on any atom is 0.410 e.